The highest BCUT2D eigenvalue weighted by molar-refractivity contribution is 5.78. The van der Waals surface area contributed by atoms with Gasteiger partial charge in [0.05, 0.1) is 12.3 Å². The summed E-state index contributed by atoms with van der Waals surface area (Å²) in [6, 6.07) is 7.02. The number of nitrogen functional groups attached to an aromatic ring is 1. The average molecular weight is 238 g/mol. The lowest BCUT2D eigenvalue weighted by Crippen LogP contribution is -2.38. The molecule has 94 valence electrons. The molecule has 0 aliphatic rings. The van der Waals surface area contributed by atoms with Crippen LogP contribution in [0.2, 0.25) is 0 Å². The molecule has 5 nitrogen and oxygen atoms in total. The first-order valence-corrected chi connectivity index (χ1v) is 5.39. The molecule has 0 fully saturated rings. The molecule has 0 bridgehead atoms. The molecule has 1 aromatic rings. The van der Waals surface area contributed by atoms with Gasteiger partial charge in [-0.05, 0) is 19.1 Å². The van der Waals surface area contributed by atoms with E-state index < -0.39 is 0 Å². The molecule has 5 heteroatoms. The van der Waals surface area contributed by atoms with Crippen molar-refractivity contribution in [3.8, 4) is 5.75 Å². The molecule has 0 radical (unpaired) electrons. The van der Waals surface area contributed by atoms with Gasteiger partial charge in [0.1, 0.15) is 5.75 Å². The number of rotatable bonds is 6. The van der Waals surface area contributed by atoms with Crippen LogP contribution >= 0.6 is 0 Å². The largest absolute Gasteiger partial charge is 0.482 e. The number of benzene rings is 1. The molecule has 0 spiro atoms. The van der Waals surface area contributed by atoms with Gasteiger partial charge in [0, 0.05) is 13.2 Å². The van der Waals surface area contributed by atoms with Gasteiger partial charge in [-0.2, -0.15) is 0 Å². The number of anilines is 1. The van der Waals surface area contributed by atoms with Crippen LogP contribution in [0.15, 0.2) is 24.3 Å². The standard InChI is InChI=1S/C12H18N2O3/c1-9(7-16-2)14-12(15)8-17-11-6-4-3-5-10(11)13/h3-6,9H,7-8,13H2,1-2H3,(H,14,15). The topological polar surface area (TPSA) is 73.6 Å². The molecular formula is C12H18N2O3. The maximum absolute atomic E-state index is 11.5. The zero-order chi connectivity index (χ0) is 12.7. The second-order valence-corrected chi connectivity index (χ2v) is 3.75. The van der Waals surface area contributed by atoms with E-state index in [4.69, 9.17) is 15.2 Å². The van der Waals surface area contributed by atoms with Crippen molar-refractivity contribution in [2.24, 2.45) is 0 Å². The Labute approximate surface area is 101 Å². The Kier molecular flexibility index (Phi) is 5.29. The highest BCUT2D eigenvalue weighted by atomic mass is 16.5. The first kappa shape index (κ1) is 13.3. The molecule has 1 aromatic carbocycles. The molecule has 1 amide bonds. The zero-order valence-corrected chi connectivity index (χ0v) is 10.1. The third-order valence-corrected chi connectivity index (χ3v) is 2.10. The number of carbonyl (C=O) groups is 1. The summed E-state index contributed by atoms with van der Waals surface area (Å²) in [4.78, 5) is 11.5. The number of nitrogens with two attached hydrogens (primary N) is 1. The smallest absolute Gasteiger partial charge is 0.258 e. The number of ether oxygens (including phenoxy) is 2. The molecule has 0 aliphatic carbocycles. The molecule has 17 heavy (non-hydrogen) atoms. The molecule has 0 aliphatic heterocycles. The maximum Gasteiger partial charge on any atom is 0.258 e. The van der Waals surface area contributed by atoms with Crippen LogP contribution < -0.4 is 15.8 Å². The van der Waals surface area contributed by atoms with Gasteiger partial charge in [0.25, 0.3) is 5.91 Å². The van der Waals surface area contributed by atoms with Gasteiger partial charge in [0.2, 0.25) is 0 Å². The highest BCUT2D eigenvalue weighted by Crippen LogP contribution is 2.19. The van der Waals surface area contributed by atoms with Gasteiger partial charge < -0.3 is 20.5 Å². The lowest BCUT2D eigenvalue weighted by atomic mass is 10.3. The summed E-state index contributed by atoms with van der Waals surface area (Å²) in [5, 5.41) is 2.74. The fourth-order valence-corrected chi connectivity index (χ4v) is 1.36. The van der Waals surface area contributed by atoms with E-state index in [9.17, 15) is 4.79 Å². The number of amides is 1. The number of para-hydroxylation sites is 2. The predicted octanol–water partition coefficient (Wildman–Crippen LogP) is 0.799. The van der Waals surface area contributed by atoms with Gasteiger partial charge in [-0.15, -0.1) is 0 Å². The first-order valence-electron chi connectivity index (χ1n) is 5.39. The van der Waals surface area contributed by atoms with Gasteiger partial charge >= 0.3 is 0 Å². The second-order valence-electron chi connectivity index (χ2n) is 3.75. The number of methoxy groups -OCH3 is 1. The van der Waals surface area contributed by atoms with Gasteiger partial charge in [-0.25, -0.2) is 0 Å². The van der Waals surface area contributed by atoms with Crippen molar-refractivity contribution < 1.29 is 14.3 Å². The Bertz CT molecular complexity index is 369. The van der Waals surface area contributed by atoms with Crippen molar-refractivity contribution in [3.63, 3.8) is 0 Å². The molecule has 0 heterocycles. The van der Waals surface area contributed by atoms with E-state index in [0.717, 1.165) is 0 Å². The summed E-state index contributed by atoms with van der Waals surface area (Å²) in [5.74, 6) is 0.319. The zero-order valence-electron chi connectivity index (χ0n) is 10.1. The van der Waals surface area contributed by atoms with Crippen LogP contribution in [0.25, 0.3) is 0 Å². The molecule has 0 saturated carbocycles. The maximum atomic E-state index is 11.5. The van der Waals surface area contributed by atoms with Crippen LogP contribution in [-0.4, -0.2) is 32.3 Å². The number of hydrogen-bond acceptors (Lipinski definition) is 4. The molecule has 0 saturated heterocycles. The highest BCUT2D eigenvalue weighted by Gasteiger charge is 2.08. The third-order valence-electron chi connectivity index (χ3n) is 2.10. The van der Waals surface area contributed by atoms with E-state index in [-0.39, 0.29) is 18.6 Å². The van der Waals surface area contributed by atoms with Crippen LogP contribution in [0.3, 0.4) is 0 Å². The molecule has 1 atom stereocenters. The quantitative estimate of drug-likeness (QED) is 0.719. The van der Waals surface area contributed by atoms with Crippen LogP contribution in [0.1, 0.15) is 6.92 Å². The van der Waals surface area contributed by atoms with Gasteiger partial charge in [0.15, 0.2) is 6.61 Å². The molecule has 1 unspecified atom stereocenters. The van der Waals surface area contributed by atoms with Crippen molar-refractivity contribution in [1.82, 2.24) is 5.32 Å². The summed E-state index contributed by atoms with van der Waals surface area (Å²) in [7, 11) is 1.59. The van der Waals surface area contributed by atoms with Crippen molar-refractivity contribution in [2.75, 3.05) is 26.1 Å². The fourth-order valence-electron chi connectivity index (χ4n) is 1.36. The summed E-state index contributed by atoms with van der Waals surface area (Å²) in [6.45, 7) is 2.28. The molecular weight excluding hydrogens is 220 g/mol. The second kappa shape index (κ2) is 6.75. The summed E-state index contributed by atoms with van der Waals surface area (Å²) >= 11 is 0. The van der Waals surface area contributed by atoms with E-state index in [1.165, 1.54) is 0 Å². The number of nitrogens with one attached hydrogen (secondary N) is 1. The van der Waals surface area contributed by atoms with Crippen molar-refractivity contribution in [2.45, 2.75) is 13.0 Å². The SMILES string of the molecule is COCC(C)NC(=O)COc1ccccc1N. The minimum Gasteiger partial charge on any atom is -0.482 e. The lowest BCUT2D eigenvalue weighted by molar-refractivity contribution is -0.124. The lowest BCUT2D eigenvalue weighted by Gasteiger charge is -2.13. The Balaban J connectivity index is 2.36. The Morgan fingerprint density at radius 1 is 1.47 bits per heavy atom. The minimum atomic E-state index is -0.196. The third kappa shape index (κ3) is 4.74. The predicted molar refractivity (Wildman–Crippen MR) is 65.8 cm³/mol. The summed E-state index contributed by atoms with van der Waals surface area (Å²) < 4.78 is 10.2. The number of carbonyl (C=O) groups excluding carboxylic acids is 1. The van der Waals surface area contributed by atoms with E-state index in [2.05, 4.69) is 5.32 Å². The van der Waals surface area contributed by atoms with Gasteiger partial charge in [-0.1, -0.05) is 12.1 Å². The van der Waals surface area contributed by atoms with Crippen LogP contribution in [0, 0.1) is 0 Å². The Hall–Kier alpha value is -1.75. The Morgan fingerprint density at radius 2 is 2.18 bits per heavy atom. The average Bonchev–Trinajstić information content (AvgIpc) is 2.28. The van der Waals surface area contributed by atoms with E-state index in [0.29, 0.717) is 18.0 Å². The summed E-state index contributed by atoms with van der Waals surface area (Å²) in [6.07, 6.45) is 0. The normalized spacial score (nSPS) is 11.9. The van der Waals surface area contributed by atoms with Gasteiger partial charge in [-0.3, -0.25) is 4.79 Å². The first-order chi connectivity index (χ1) is 8.13. The number of hydrogen-bond donors (Lipinski definition) is 2. The van der Waals surface area contributed by atoms with Crippen LogP contribution in [0.5, 0.6) is 5.75 Å². The van der Waals surface area contributed by atoms with E-state index in [1.54, 1.807) is 25.3 Å². The Morgan fingerprint density at radius 3 is 2.82 bits per heavy atom. The summed E-state index contributed by atoms with van der Waals surface area (Å²) in [5.41, 5.74) is 6.20. The molecule has 3 N–H and O–H groups in total. The van der Waals surface area contributed by atoms with Crippen molar-refractivity contribution in [3.05, 3.63) is 24.3 Å². The van der Waals surface area contributed by atoms with E-state index in [1.807, 2.05) is 13.0 Å². The molecule has 1 rings (SSSR count). The van der Waals surface area contributed by atoms with Crippen molar-refractivity contribution >= 4 is 11.6 Å². The minimum absolute atomic E-state index is 0.0378. The fraction of sp³-hybridized carbons (Fsp3) is 0.417. The van der Waals surface area contributed by atoms with Crippen LogP contribution in [-0.2, 0) is 9.53 Å². The van der Waals surface area contributed by atoms with Crippen LogP contribution in [0.4, 0.5) is 5.69 Å². The van der Waals surface area contributed by atoms with E-state index >= 15 is 0 Å². The molecule has 0 aromatic heterocycles. The monoisotopic (exact) mass is 238 g/mol. The van der Waals surface area contributed by atoms with Crippen molar-refractivity contribution in [1.29, 1.82) is 0 Å².